The molecule has 0 saturated carbocycles. The van der Waals surface area contributed by atoms with Gasteiger partial charge in [0.25, 0.3) is 0 Å². The number of ether oxygens (including phenoxy) is 2. The van der Waals surface area contributed by atoms with Crippen LogP contribution >= 0.6 is 0 Å². The number of nitrogens with one attached hydrogen (secondary N) is 2. The number of rotatable bonds is 5. The van der Waals surface area contributed by atoms with Crippen molar-refractivity contribution in [3.8, 4) is 5.88 Å². The summed E-state index contributed by atoms with van der Waals surface area (Å²) in [5.41, 5.74) is 1.07. The molecule has 0 spiro atoms. The Labute approximate surface area is 119 Å². The highest BCUT2D eigenvalue weighted by Crippen LogP contribution is 2.10. The van der Waals surface area contributed by atoms with Gasteiger partial charge in [-0.25, -0.2) is 4.98 Å². The molecule has 2 N–H and O–H groups in total. The summed E-state index contributed by atoms with van der Waals surface area (Å²) < 4.78 is 10.6. The van der Waals surface area contributed by atoms with Gasteiger partial charge >= 0.3 is 0 Å². The van der Waals surface area contributed by atoms with Crippen molar-refractivity contribution in [2.24, 2.45) is 4.99 Å². The minimum absolute atomic E-state index is 0.302. The third kappa shape index (κ3) is 4.38. The second-order valence-corrected chi connectivity index (χ2v) is 4.65. The highest BCUT2D eigenvalue weighted by molar-refractivity contribution is 5.79. The number of methoxy groups -OCH3 is 1. The summed E-state index contributed by atoms with van der Waals surface area (Å²) in [6, 6.07) is 3.83. The Kier molecular flexibility index (Phi) is 5.61. The van der Waals surface area contributed by atoms with Gasteiger partial charge < -0.3 is 20.1 Å². The van der Waals surface area contributed by atoms with E-state index < -0.39 is 0 Å². The second-order valence-electron chi connectivity index (χ2n) is 4.65. The monoisotopic (exact) mass is 278 g/mol. The third-order valence-corrected chi connectivity index (χ3v) is 3.21. The summed E-state index contributed by atoms with van der Waals surface area (Å²) in [5, 5.41) is 6.52. The Morgan fingerprint density at radius 2 is 2.40 bits per heavy atom. The van der Waals surface area contributed by atoms with Gasteiger partial charge in [-0.15, -0.1) is 0 Å². The van der Waals surface area contributed by atoms with E-state index in [1.165, 1.54) is 0 Å². The highest BCUT2D eigenvalue weighted by Gasteiger charge is 2.15. The van der Waals surface area contributed by atoms with Gasteiger partial charge in [0.1, 0.15) is 0 Å². The average molecular weight is 278 g/mol. The molecule has 0 aromatic carbocycles. The van der Waals surface area contributed by atoms with Crippen LogP contribution in [-0.4, -0.2) is 44.4 Å². The summed E-state index contributed by atoms with van der Waals surface area (Å²) in [7, 11) is 3.37. The minimum atomic E-state index is 0.302. The van der Waals surface area contributed by atoms with Crippen molar-refractivity contribution in [2.75, 3.05) is 27.3 Å². The van der Waals surface area contributed by atoms with E-state index >= 15 is 0 Å². The molecule has 1 aromatic rings. The van der Waals surface area contributed by atoms with Crippen molar-refractivity contribution in [2.45, 2.75) is 25.5 Å². The first-order valence-corrected chi connectivity index (χ1v) is 6.87. The van der Waals surface area contributed by atoms with Gasteiger partial charge in [-0.05, 0) is 18.4 Å². The van der Waals surface area contributed by atoms with Gasteiger partial charge in [0, 0.05) is 39.0 Å². The standard InChI is InChI=1S/C14H22N4O2/c1-15-14(18-10-12-4-3-7-20-12)17-9-11-5-6-13(19-2)16-8-11/h5-6,8,12H,3-4,7,9-10H2,1-2H3,(H2,15,17,18). The summed E-state index contributed by atoms with van der Waals surface area (Å²) in [5.74, 6) is 1.39. The lowest BCUT2D eigenvalue weighted by Gasteiger charge is -2.15. The third-order valence-electron chi connectivity index (χ3n) is 3.21. The highest BCUT2D eigenvalue weighted by atomic mass is 16.5. The van der Waals surface area contributed by atoms with Crippen LogP contribution in [0, 0.1) is 0 Å². The zero-order chi connectivity index (χ0) is 14.2. The Hall–Kier alpha value is -1.82. The molecular formula is C14H22N4O2. The van der Waals surface area contributed by atoms with E-state index in [9.17, 15) is 0 Å². The van der Waals surface area contributed by atoms with Crippen LogP contribution in [0.4, 0.5) is 0 Å². The van der Waals surface area contributed by atoms with Crippen LogP contribution in [-0.2, 0) is 11.3 Å². The second kappa shape index (κ2) is 7.69. The quantitative estimate of drug-likeness (QED) is 0.619. The van der Waals surface area contributed by atoms with Crippen molar-refractivity contribution < 1.29 is 9.47 Å². The molecule has 1 fully saturated rings. The molecule has 2 rings (SSSR count). The fraction of sp³-hybridized carbons (Fsp3) is 0.571. The number of aromatic nitrogens is 1. The van der Waals surface area contributed by atoms with E-state index in [0.717, 1.165) is 37.5 Å². The lowest BCUT2D eigenvalue weighted by Crippen LogP contribution is -2.40. The van der Waals surface area contributed by atoms with Crippen LogP contribution in [0.5, 0.6) is 5.88 Å². The molecule has 2 heterocycles. The normalized spacial score (nSPS) is 18.9. The minimum Gasteiger partial charge on any atom is -0.481 e. The molecule has 1 aromatic heterocycles. The first kappa shape index (κ1) is 14.6. The van der Waals surface area contributed by atoms with E-state index in [2.05, 4.69) is 20.6 Å². The topological polar surface area (TPSA) is 67.8 Å². The lowest BCUT2D eigenvalue weighted by molar-refractivity contribution is 0.114. The van der Waals surface area contributed by atoms with Crippen LogP contribution in [0.25, 0.3) is 0 Å². The number of hydrogen-bond donors (Lipinski definition) is 2. The first-order valence-electron chi connectivity index (χ1n) is 6.87. The first-order chi connectivity index (χ1) is 9.81. The Balaban J connectivity index is 1.74. The van der Waals surface area contributed by atoms with Crippen molar-refractivity contribution in [1.82, 2.24) is 15.6 Å². The van der Waals surface area contributed by atoms with Crippen LogP contribution in [0.3, 0.4) is 0 Å². The van der Waals surface area contributed by atoms with Crippen molar-refractivity contribution in [3.63, 3.8) is 0 Å². The molecule has 0 aliphatic carbocycles. The smallest absolute Gasteiger partial charge is 0.212 e. The van der Waals surface area contributed by atoms with Crippen LogP contribution < -0.4 is 15.4 Å². The van der Waals surface area contributed by atoms with Gasteiger partial charge in [0.15, 0.2) is 5.96 Å². The Bertz CT molecular complexity index is 427. The number of hydrogen-bond acceptors (Lipinski definition) is 4. The number of guanidine groups is 1. The fourth-order valence-corrected chi connectivity index (χ4v) is 2.06. The lowest BCUT2D eigenvalue weighted by atomic mass is 10.2. The molecule has 1 aliphatic heterocycles. The van der Waals surface area contributed by atoms with Crippen LogP contribution in [0.2, 0.25) is 0 Å². The van der Waals surface area contributed by atoms with Crippen molar-refractivity contribution in [3.05, 3.63) is 23.9 Å². The van der Waals surface area contributed by atoms with E-state index in [1.54, 1.807) is 20.4 Å². The molecule has 6 heteroatoms. The Morgan fingerprint density at radius 1 is 1.50 bits per heavy atom. The molecule has 110 valence electrons. The van der Waals surface area contributed by atoms with Gasteiger partial charge in [-0.1, -0.05) is 6.07 Å². The van der Waals surface area contributed by atoms with Crippen molar-refractivity contribution >= 4 is 5.96 Å². The molecule has 1 atom stereocenters. The molecule has 1 aliphatic rings. The SMILES string of the molecule is CN=C(NCc1ccc(OC)nc1)NCC1CCCO1. The number of nitrogens with zero attached hydrogens (tertiary/aromatic N) is 2. The van der Waals surface area contributed by atoms with E-state index in [4.69, 9.17) is 9.47 Å². The zero-order valence-electron chi connectivity index (χ0n) is 12.1. The molecule has 0 radical (unpaired) electrons. The van der Waals surface area contributed by atoms with Crippen LogP contribution in [0.15, 0.2) is 23.3 Å². The number of pyridine rings is 1. The van der Waals surface area contributed by atoms with E-state index in [-0.39, 0.29) is 0 Å². The molecule has 0 bridgehead atoms. The van der Waals surface area contributed by atoms with Gasteiger partial charge in [-0.2, -0.15) is 0 Å². The molecule has 0 amide bonds. The molecule has 1 saturated heterocycles. The summed E-state index contributed by atoms with van der Waals surface area (Å²) in [6.07, 6.45) is 4.36. The fourth-order valence-electron chi connectivity index (χ4n) is 2.06. The van der Waals surface area contributed by atoms with E-state index in [0.29, 0.717) is 18.5 Å². The largest absolute Gasteiger partial charge is 0.481 e. The zero-order valence-corrected chi connectivity index (χ0v) is 12.1. The molecule has 1 unspecified atom stereocenters. The summed E-state index contributed by atoms with van der Waals surface area (Å²) in [6.45, 7) is 2.33. The molecule has 6 nitrogen and oxygen atoms in total. The maximum atomic E-state index is 5.57. The van der Waals surface area contributed by atoms with Gasteiger partial charge in [-0.3, -0.25) is 4.99 Å². The van der Waals surface area contributed by atoms with Crippen LogP contribution in [0.1, 0.15) is 18.4 Å². The molecular weight excluding hydrogens is 256 g/mol. The van der Waals surface area contributed by atoms with Crippen molar-refractivity contribution in [1.29, 1.82) is 0 Å². The number of aliphatic imine (C=N–C) groups is 1. The predicted octanol–water partition coefficient (Wildman–Crippen LogP) is 0.934. The summed E-state index contributed by atoms with van der Waals surface area (Å²) >= 11 is 0. The summed E-state index contributed by atoms with van der Waals surface area (Å²) in [4.78, 5) is 8.36. The van der Waals surface area contributed by atoms with Gasteiger partial charge in [0.2, 0.25) is 5.88 Å². The maximum absolute atomic E-state index is 5.57. The maximum Gasteiger partial charge on any atom is 0.212 e. The Morgan fingerprint density at radius 3 is 3.00 bits per heavy atom. The predicted molar refractivity (Wildman–Crippen MR) is 78.0 cm³/mol. The molecule has 20 heavy (non-hydrogen) atoms. The average Bonchev–Trinajstić information content (AvgIpc) is 3.01. The van der Waals surface area contributed by atoms with Gasteiger partial charge in [0.05, 0.1) is 13.2 Å². The van der Waals surface area contributed by atoms with E-state index in [1.807, 2.05) is 12.1 Å².